The van der Waals surface area contributed by atoms with Gasteiger partial charge in [-0.05, 0) is 18.6 Å². The number of anilines is 2. The maximum Gasteiger partial charge on any atom is 0.258 e. The Balaban J connectivity index is 1.92. The Labute approximate surface area is 169 Å². The first-order valence-electron chi connectivity index (χ1n) is 7.79. The Morgan fingerprint density at radius 2 is 2.07 bits per heavy atom. The summed E-state index contributed by atoms with van der Waals surface area (Å²) < 4.78 is 27.2. The van der Waals surface area contributed by atoms with E-state index >= 15 is 0 Å². The van der Waals surface area contributed by atoms with Gasteiger partial charge in [0.2, 0.25) is 10.0 Å². The average Bonchev–Trinajstić information content (AvgIpc) is 3.05. The van der Waals surface area contributed by atoms with Gasteiger partial charge in [0.05, 0.1) is 43.0 Å². The van der Waals surface area contributed by atoms with E-state index in [1.165, 1.54) is 29.8 Å². The van der Waals surface area contributed by atoms with Crippen LogP contribution in [0.25, 0.3) is 10.2 Å². The van der Waals surface area contributed by atoms with Crippen LogP contribution >= 0.6 is 34.5 Å². The van der Waals surface area contributed by atoms with E-state index in [0.717, 1.165) is 4.70 Å². The fourth-order valence-electron chi connectivity index (χ4n) is 2.36. The summed E-state index contributed by atoms with van der Waals surface area (Å²) in [5, 5.41) is 4.48. The molecule has 0 aliphatic rings. The maximum absolute atomic E-state index is 12.7. The third-order valence-corrected chi connectivity index (χ3v) is 6.64. The zero-order valence-corrected chi connectivity index (χ0v) is 17.1. The van der Waals surface area contributed by atoms with Gasteiger partial charge in [0.1, 0.15) is 6.33 Å². The number of benzene rings is 1. The van der Waals surface area contributed by atoms with Crippen LogP contribution in [0.3, 0.4) is 0 Å². The van der Waals surface area contributed by atoms with Crippen molar-refractivity contribution >= 4 is 72.1 Å². The van der Waals surface area contributed by atoms with Crippen LogP contribution in [-0.4, -0.2) is 30.0 Å². The summed E-state index contributed by atoms with van der Waals surface area (Å²) in [6, 6.07) is 2.90. The monoisotopic (exact) mass is 444 g/mol. The molecule has 11 heteroatoms. The van der Waals surface area contributed by atoms with Gasteiger partial charge in [-0.25, -0.2) is 18.4 Å². The summed E-state index contributed by atoms with van der Waals surface area (Å²) in [4.78, 5) is 20.7. The molecule has 2 aromatic heterocycles. The van der Waals surface area contributed by atoms with Gasteiger partial charge >= 0.3 is 0 Å². The summed E-state index contributed by atoms with van der Waals surface area (Å²) in [5.41, 5.74) is 1.12. The number of nitrogens with one attached hydrogen (secondary N) is 2. The first-order valence-corrected chi connectivity index (χ1v) is 11.1. The molecule has 1 aromatic carbocycles. The number of amides is 1. The van der Waals surface area contributed by atoms with E-state index in [2.05, 4.69) is 20.0 Å². The molecule has 2 heterocycles. The molecule has 0 radical (unpaired) electrons. The number of carbonyl (C=O) groups excluding carboxylic acids is 1. The van der Waals surface area contributed by atoms with Crippen LogP contribution in [0.1, 0.15) is 23.7 Å². The zero-order valence-electron chi connectivity index (χ0n) is 14.0. The van der Waals surface area contributed by atoms with E-state index in [0.29, 0.717) is 17.5 Å². The quantitative estimate of drug-likeness (QED) is 0.586. The summed E-state index contributed by atoms with van der Waals surface area (Å²) in [7, 11) is -3.54. The molecule has 0 bridgehead atoms. The number of hydrogen-bond donors (Lipinski definition) is 2. The molecule has 0 unspecified atom stereocenters. The first-order chi connectivity index (χ1) is 12.8. The second-order valence-corrected chi connectivity index (χ2v) is 9.08. The van der Waals surface area contributed by atoms with E-state index in [1.807, 2.05) is 0 Å². The molecule has 0 saturated heterocycles. The molecule has 0 fully saturated rings. The topological polar surface area (TPSA) is 101 Å². The third kappa shape index (κ3) is 4.32. The molecule has 7 nitrogen and oxygen atoms in total. The lowest BCUT2D eigenvalue weighted by molar-refractivity contribution is 0.102. The highest BCUT2D eigenvalue weighted by Crippen LogP contribution is 2.37. The van der Waals surface area contributed by atoms with Crippen LogP contribution in [0.4, 0.5) is 11.4 Å². The van der Waals surface area contributed by atoms with Crippen molar-refractivity contribution in [2.24, 2.45) is 0 Å². The van der Waals surface area contributed by atoms with Crippen molar-refractivity contribution in [2.75, 3.05) is 15.8 Å². The van der Waals surface area contributed by atoms with Crippen molar-refractivity contribution in [3.63, 3.8) is 0 Å². The molecule has 27 heavy (non-hydrogen) atoms. The van der Waals surface area contributed by atoms with E-state index in [9.17, 15) is 13.2 Å². The van der Waals surface area contributed by atoms with E-state index in [1.54, 1.807) is 18.5 Å². The predicted octanol–water partition coefficient (Wildman–Crippen LogP) is 4.40. The molecule has 0 aliphatic carbocycles. The molecular formula is C16H14Cl2N4O3S2. The highest BCUT2D eigenvalue weighted by Gasteiger charge is 2.20. The van der Waals surface area contributed by atoms with Crippen LogP contribution in [-0.2, 0) is 10.0 Å². The van der Waals surface area contributed by atoms with Gasteiger partial charge in [-0.15, -0.1) is 11.3 Å². The number of fused-ring (bicyclic) bond motifs is 1. The minimum absolute atomic E-state index is 0.00434. The van der Waals surface area contributed by atoms with Crippen molar-refractivity contribution in [1.29, 1.82) is 0 Å². The van der Waals surface area contributed by atoms with Crippen molar-refractivity contribution < 1.29 is 13.2 Å². The van der Waals surface area contributed by atoms with Crippen LogP contribution in [0.15, 0.2) is 30.0 Å². The van der Waals surface area contributed by atoms with E-state index in [4.69, 9.17) is 23.2 Å². The first kappa shape index (κ1) is 19.8. The molecule has 3 rings (SSSR count). The smallest absolute Gasteiger partial charge is 0.258 e. The Morgan fingerprint density at radius 3 is 2.81 bits per heavy atom. The van der Waals surface area contributed by atoms with Crippen LogP contribution in [0, 0.1) is 0 Å². The molecule has 142 valence electrons. The summed E-state index contributed by atoms with van der Waals surface area (Å²) in [6.07, 6.45) is 3.43. The molecule has 3 aromatic rings. The minimum atomic E-state index is -3.54. The van der Waals surface area contributed by atoms with Crippen molar-refractivity contribution in [3.8, 4) is 0 Å². The summed E-state index contributed by atoms with van der Waals surface area (Å²) in [6.45, 7) is 1.75. The number of halogens is 2. The molecule has 0 saturated carbocycles. The fraction of sp³-hybridized carbons (Fsp3) is 0.188. The van der Waals surface area contributed by atoms with Gasteiger partial charge in [0, 0.05) is 11.6 Å². The molecule has 1 amide bonds. The Hall–Kier alpha value is -1.94. The lowest BCUT2D eigenvalue weighted by Gasteiger charge is -2.14. The van der Waals surface area contributed by atoms with Gasteiger partial charge in [-0.2, -0.15) is 0 Å². The lowest BCUT2D eigenvalue weighted by Crippen LogP contribution is -2.17. The second-order valence-electron chi connectivity index (χ2n) is 5.54. The Bertz CT molecular complexity index is 1120. The van der Waals surface area contributed by atoms with Crippen molar-refractivity contribution in [2.45, 2.75) is 13.3 Å². The molecule has 0 spiro atoms. The van der Waals surface area contributed by atoms with Gasteiger partial charge in [-0.1, -0.05) is 30.1 Å². The van der Waals surface area contributed by atoms with Gasteiger partial charge in [0.15, 0.2) is 0 Å². The number of sulfonamides is 1. The van der Waals surface area contributed by atoms with Gasteiger partial charge in [0.25, 0.3) is 5.91 Å². The number of hydrogen-bond acceptors (Lipinski definition) is 6. The standard InChI is InChI=1S/C16H14Cl2N4O3S2/c1-2-5-27(24,25)22-11-4-3-10(17)15(13(11)18)21-16(23)9-7-26-12-6-19-8-20-14(9)12/h3-4,6-8,22H,2,5H2,1H3,(H,21,23). The van der Waals surface area contributed by atoms with Crippen LogP contribution in [0.2, 0.25) is 10.0 Å². The number of carbonyl (C=O) groups is 1. The van der Waals surface area contributed by atoms with E-state index < -0.39 is 15.9 Å². The SMILES string of the molecule is CCCS(=O)(=O)Nc1ccc(Cl)c(NC(=O)c2csc3cncnc23)c1Cl. The number of thiophene rings is 1. The fourth-order valence-corrected chi connectivity index (χ4v) is 4.93. The largest absolute Gasteiger partial charge is 0.319 e. The normalized spacial score (nSPS) is 11.5. The van der Waals surface area contributed by atoms with Crippen molar-refractivity contribution in [3.05, 3.63) is 45.6 Å². The highest BCUT2D eigenvalue weighted by atomic mass is 35.5. The van der Waals surface area contributed by atoms with Gasteiger partial charge in [-0.3, -0.25) is 9.52 Å². The van der Waals surface area contributed by atoms with Crippen molar-refractivity contribution in [1.82, 2.24) is 9.97 Å². The lowest BCUT2D eigenvalue weighted by atomic mass is 10.2. The highest BCUT2D eigenvalue weighted by molar-refractivity contribution is 7.92. The Kier molecular flexibility index (Phi) is 5.85. The second kappa shape index (κ2) is 7.97. The number of aromatic nitrogens is 2. The Morgan fingerprint density at radius 1 is 1.30 bits per heavy atom. The zero-order chi connectivity index (χ0) is 19.6. The molecule has 0 atom stereocenters. The average molecular weight is 445 g/mol. The predicted molar refractivity (Wildman–Crippen MR) is 110 cm³/mol. The number of nitrogens with zero attached hydrogens (tertiary/aromatic N) is 2. The van der Waals surface area contributed by atoms with E-state index in [-0.39, 0.29) is 27.2 Å². The number of rotatable bonds is 6. The molecule has 2 N–H and O–H groups in total. The van der Waals surface area contributed by atoms with Crippen LogP contribution < -0.4 is 10.0 Å². The van der Waals surface area contributed by atoms with Gasteiger partial charge < -0.3 is 5.32 Å². The summed E-state index contributed by atoms with van der Waals surface area (Å²) >= 11 is 13.8. The minimum Gasteiger partial charge on any atom is -0.319 e. The maximum atomic E-state index is 12.7. The third-order valence-electron chi connectivity index (χ3n) is 3.55. The van der Waals surface area contributed by atoms with Crippen LogP contribution in [0.5, 0.6) is 0 Å². The summed E-state index contributed by atoms with van der Waals surface area (Å²) in [5.74, 6) is -0.508. The molecule has 0 aliphatic heterocycles. The molecular weight excluding hydrogens is 431 g/mol.